The van der Waals surface area contributed by atoms with E-state index in [-0.39, 0.29) is 0 Å². The molecule has 0 aliphatic carbocycles. The second kappa shape index (κ2) is 7.71. The molecule has 114 valence electrons. The molecule has 1 N–H and O–H groups in total. The van der Waals surface area contributed by atoms with Gasteiger partial charge in [-0.1, -0.05) is 58.0 Å². The molecule has 2 nitrogen and oxygen atoms in total. The molecule has 0 saturated heterocycles. The number of aromatic nitrogens is 1. The number of rotatable bonds is 7. The van der Waals surface area contributed by atoms with E-state index in [2.05, 4.69) is 68.7 Å². The summed E-state index contributed by atoms with van der Waals surface area (Å²) >= 11 is 1.79. The largest absolute Gasteiger partial charge is 0.308 e. The maximum atomic E-state index is 4.83. The van der Waals surface area contributed by atoms with Gasteiger partial charge in [0, 0.05) is 5.38 Å². The first-order valence-corrected chi connectivity index (χ1v) is 8.73. The maximum absolute atomic E-state index is 4.83. The molecule has 0 spiro atoms. The minimum Gasteiger partial charge on any atom is -0.308 e. The second-order valence-corrected chi connectivity index (χ2v) is 6.81. The van der Waals surface area contributed by atoms with Crippen LogP contribution in [0.1, 0.15) is 68.3 Å². The van der Waals surface area contributed by atoms with Crippen LogP contribution in [0.5, 0.6) is 0 Å². The summed E-state index contributed by atoms with van der Waals surface area (Å²) in [7, 11) is 0. The standard InChI is InChI=1S/C18H26N2S/c1-5-19-16(18-20-17(12-21-18)13(2)3)11-14(4)15-9-7-6-8-10-15/h6-10,12-14,16,19H,5,11H2,1-4H3. The second-order valence-electron chi connectivity index (χ2n) is 5.92. The molecule has 1 aromatic carbocycles. The quantitative estimate of drug-likeness (QED) is 0.768. The van der Waals surface area contributed by atoms with Gasteiger partial charge < -0.3 is 5.32 Å². The van der Waals surface area contributed by atoms with Gasteiger partial charge in [0.05, 0.1) is 11.7 Å². The summed E-state index contributed by atoms with van der Waals surface area (Å²) < 4.78 is 0. The van der Waals surface area contributed by atoms with Crippen LogP contribution in [0.2, 0.25) is 0 Å². The predicted octanol–water partition coefficient (Wildman–Crippen LogP) is 5.11. The van der Waals surface area contributed by atoms with Crippen LogP contribution in [0.4, 0.5) is 0 Å². The van der Waals surface area contributed by atoms with E-state index in [0.29, 0.717) is 17.9 Å². The number of benzene rings is 1. The van der Waals surface area contributed by atoms with Crippen molar-refractivity contribution in [2.45, 2.75) is 52.0 Å². The molecule has 0 amide bonds. The molecule has 0 radical (unpaired) electrons. The van der Waals surface area contributed by atoms with Crippen molar-refractivity contribution >= 4 is 11.3 Å². The first-order valence-electron chi connectivity index (χ1n) is 7.85. The Balaban J connectivity index is 2.11. The van der Waals surface area contributed by atoms with Crippen molar-refractivity contribution in [3.8, 4) is 0 Å². The number of nitrogens with one attached hydrogen (secondary N) is 1. The van der Waals surface area contributed by atoms with Gasteiger partial charge in [-0.05, 0) is 30.4 Å². The Labute approximate surface area is 132 Å². The van der Waals surface area contributed by atoms with Crippen molar-refractivity contribution in [2.75, 3.05) is 6.54 Å². The fourth-order valence-corrected chi connectivity index (χ4v) is 3.58. The molecule has 2 atom stereocenters. The molecule has 2 rings (SSSR count). The van der Waals surface area contributed by atoms with E-state index in [1.807, 2.05) is 0 Å². The molecular weight excluding hydrogens is 276 g/mol. The van der Waals surface area contributed by atoms with Gasteiger partial charge in [0.25, 0.3) is 0 Å². The van der Waals surface area contributed by atoms with E-state index in [0.717, 1.165) is 13.0 Å². The van der Waals surface area contributed by atoms with Crippen LogP contribution >= 0.6 is 11.3 Å². The van der Waals surface area contributed by atoms with E-state index >= 15 is 0 Å². The van der Waals surface area contributed by atoms with Gasteiger partial charge in [0.2, 0.25) is 0 Å². The number of nitrogens with zero attached hydrogens (tertiary/aromatic N) is 1. The average molecular weight is 302 g/mol. The fraction of sp³-hybridized carbons (Fsp3) is 0.500. The highest BCUT2D eigenvalue weighted by Crippen LogP contribution is 2.30. The lowest BCUT2D eigenvalue weighted by molar-refractivity contribution is 0.474. The summed E-state index contributed by atoms with van der Waals surface area (Å²) in [6.07, 6.45) is 1.09. The third-order valence-electron chi connectivity index (χ3n) is 3.84. The van der Waals surface area contributed by atoms with Crippen molar-refractivity contribution < 1.29 is 0 Å². The van der Waals surface area contributed by atoms with Gasteiger partial charge in [-0.25, -0.2) is 4.98 Å². The smallest absolute Gasteiger partial charge is 0.110 e. The zero-order valence-electron chi connectivity index (χ0n) is 13.5. The molecule has 0 fully saturated rings. The summed E-state index contributed by atoms with van der Waals surface area (Å²) in [6.45, 7) is 9.85. The SMILES string of the molecule is CCNC(CC(C)c1ccccc1)c1nc(C(C)C)cs1. The fourth-order valence-electron chi connectivity index (χ4n) is 2.51. The van der Waals surface area contributed by atoms with E-state index in [4.69, 9.17) is 4.98 Å². The van der Waals surface area contributed by atoms with Crippen LogP contribution in [0.3, 0.4) is 0 Å². The van der Waals surface area contributed by atoms with Gasteiger partial charge in [-0.3, -0.25) is 0 Å². The van der Waals surface area contributed by atoms with Gasteiger partial charge in [0.15, 0.2) is 0 Å². The number of hydrogen-bond acceptors (Lipinski definition) is 3. The molecule has 3 heteroatoms. The lowest BCUT2D eigenvalue weighted by atomic mass is 9.94. The van der Waals surface area contributed by atoms with Crippen molar-refractivity contribution in [3.05, 3.63) is 52.0 Å². The summed E-state index contributed by atoms with van der Waals surface area (Å²) in [6, 6.07) is 11.1. The molecule has 0 aliphatic heterocycles. The van der Waals surface area contributed by atoms with E-state index in [9.17, 15) is 0 Å². The van der Waals surface area contributed by atoms with Crippen molar-refractivity contribution in [3.63, 3.8) is 0 Å². The molecule has 2 unspecified atom stereocenters. The molecule has 0 bridgehead atoms. The molecule has 1 heterocycles. The van der Waals surface area contributed by atoms with Gasteiger partial charge in [0.1, 0.15) is 5.01 Å². The molecule has 21 heavy (non-hydrogen) atoms. The normalized spacial score (nSPS) is 14.3. The molecule has 0 aliphatic rings. The van der Waals surface area contributed by atoms with Crippen molar-refractivity contribution in [1.29, 1.82) is 0 Å². The van der Waals surface area contributed by atoms with Crippen LogP contribution in [0, 0.1) is 0 Å². The summed E-state index contributed by atoms with van der Waals surface area (Å²) in [5.74, 6) is 1.03. The van der Waals surface area contributed by atoms with E-state index < -0.39 is 0 Å². The number of thiazole rings is 1. The predicted molar refractivity (Wildman–Crippen MR) is 92.1 cm³/mol. The molecule has 0 saturated carbocycles. The van der Waals surface area contributed by atoms with Gasteiger partial charge in [-0.15, -0.1) is 11.3 Å². The van der Waals surface area contributed by atoms with Crippen LogP contribution in [0.25, 0.3) is 0 Å². The van der Waals surface area contributed by atoms with Crippen LogP contribution in [0.15, 0.2) is 35.7 Å². The zero-order valence-corrected chi connectivity index (χ0v) is 14.3. The minimum atomic E-state index is 0.350. The van der Waals surface area contributed by atoms with Crippen molar-refractivity contribution in [2.24, 2.45) is 0 Å². The Morgan fingerprint density at radius 1 is 1.14 bits per heavy atom. The Hall–Kier alpha value is -1.19. The number of hydrogen-bond donors (Lipinski definition) is 1. The maximum Gasteiger partial charge on any atom is 0.110 e. The lowest BCUT2D eigenvalue weighted by Crippen LogP contribution is -2.22. The third kappa shape index (κ3) is 4.39. The third-order valence-corrected chi connectivity index (χ3v) is 4.81. The topological polar surface area (TPSA) is 24.9 Å². The van der Waals surface area contributed by atoms with Crippen LogP contribution < -0.4 is 5.32 Å². The first kappa shape index (κ1) is 16.2. The highest BCUT2D eigenvalue weighted by Gasteiger charge is 2.19. The highest BCUT2D eigenvalue weighted by molar-refractivity contribution is 7.09. The molecule has 2 aromatic rings. The Kier molecular flexibility index (Phi) is 5.95. The van der Waals surface area contributed by atoms with E-state index in [1.165, 1.54) is 16.3 Å². The van der Waals surface area contributed by atoms with Crippen LogP contribution in [-0.4, -0.2) is 11.5 Å². The molecular formula is C18H26N2S. The van der Waals surface area contributed by atoms with Gasteiger partial charge >= 0.3 is 0 Å². The summed E-state index contributed by atoms with van der Waals surface area (Å²) in [5, 5.41) is 7.03. The lowest BCUT2D eigenvalue weighted by Gasteiger charge is -2.20. The van der Waals surface area contributed by atoms with Crippen LogP contribution in [-0.2, 0) is 0 Å². The Bertz CT molecular complexity index is 533. The van der Waals surface area contributed by atoms with E-state index in [1.54, 1.807) is 11.3 Å². The molecule has 1 aromatic heterocycles. The average Bonchev–Trinajstić information content (AvgIpc) is 2.97. The summed E-state index contributed by atoms with van der Waals surface area (Å²) in [4.78, 5) is 4.83. The zero-order chi connectivity index (χ0) is 15.2. The highest BCUT2D eigenvalue weighted by atomic mass is 32.1. The summed E-state index contributed by atoms with van der Waals surface area (Å²) in [5.41, 5.74) is 2.62. The van der Waals surface area contributed by atoms with Crippen molar-refractivity contribution in [1.82, 2.24) is 10.3 Å². The first-order chi connectivity index (χ1) is 10.1. The Morgan fingerprint density at radius 3 is 2.43 bits per heavy atom. The Morgan fingerprint density at radius 2 is 1.86 bits per heavy atom. The monoisotopic (exact) mass is 302 g/mol. The minimum absolute atomic E-state index is 0.350. The van der Waals surface area contributed by atoms with Gasteiger partial charge in [-0.2, -0.15) is 0 Å².